The molecule has 0 aromatic heterocycles. The van der Waals surface area contributed by atoms with Gasteiger partial charge in [0.25, 0.3) is 5.91 Å². The van der Waals surface area contributed by atoms with Gasteiger partial charge >= 0.3 is 5.97 Å². The third-order valence-corrected chi connectivity index (χ3v) is 3.38. The number of carbonyl (C=O) groups excluding carboxylic acids is 1. The van der Waals surface area contributed by atoms with E-state index in [1.54, 1.807) is 13.0 Å². The zero-order chi connectivity index (χ0) is 13.3. The van der Waals surface area contributed by atoms with Crippen LogP contribution in [-0.4, -0.2) is 35.0 Å². The number of likely N-dealkylation sites (tertiary alicyclic amines) is 1. The van der Waals surface area contributed by atoms with Crippen molar-refractivity contribution in [3.8, 4) is 0 Å². The SMILES string of the molecule is CC1(C(=O)O)CCN(C(=O)c2ccccc2F)C1. The van der Waals surface area contributed by atoms with Gasteiger partial charge in [0.05, 0.1) is 11.0 Å². The Labute approximate surface area is 104 Å². The van der Waals surface area contributed by atoms with Crippen molar-refractivity contribution < 1.29 is 19.1 Å². The van der Waals surface area contributed by atoms with Gasteiger partial charge in [0.2, 0.25) is 0 Å². The maximum absolute atomic E-state index is 13.5. The van der Waals surface area contributed by atoms with Gasteiger partial charge in [-0.2, -0.15) is 0 Å². The maximum Gasteiger partial charge on any atom is 0.311 e. The fraction of sp³-hybridized carbons (Fsp3) is 0.385. The van der Waals surface area contributed by atoms with Crippen LogP contribution in [0, 0.1) is 11.2 Å². The van der Waals surface area contributed by atoms with E-state index in [0.29, 0.717) is 13.0 Å². The number of hydrogen-bond donors (Lipinski definition) is 1. The smallest absolute Gasteiger partial charge is 0.311 e. The number of amides is 1. The van der Waals surface area contributed by atoms with Gasteiger partial charge < -0.3 is 10.0 Å². The van der Waals surface area contributed by atoms with Crippen LogP contribution in [0.5, 0.6) is 0 Å². The topological polar surface area (TPSA) is 57.6 Å². The van der Waals surface area contributed by atoms with Crippen molar-refractivity contribution in [3.05, 3.63) is 35.6 Å². The lowest BCUT2D eigenvalue weighted by molar-refractivity contribution is -0.147. The van der Waals surface area contributed by atoms with Crippen molar-refractivity contribution >= 4 is 11.9 Å². The summed E-state index contributed by atoms with van der Waals surface area (Å²) in [5.41, 5.74) is -0.937. The summed E-state index contributed by atoms with van der Waals surface area (Å²) >= 11 is 0. The van der Waals surface area contributed by atoms with Crippen LogP contribution >= 0.6 is 0 Å². The molecule has 4 nitrogen and oxygen atoms in total. The summed E-state index contributed by atoms with van der Waals surface area (Å²) in [5.74, 6) is -1.95. The molecule has 0 radical (unpaired) electrons. The van der Waals surface area contributed by atoms with Gasteiger partial charge in [0, 0.05) is 13.1 Å². The van der Waals surface area contributed by atoms with Crippen LogP contribution in [-0.2, 0) is 4.79 Å². The van der Waals surface area contributed by atoms with Gasteiger partial charge in [-0.15, -0.1) is 0 Å². The van der Waals surface area contributed by atoms with Gasteiger partial charge in [0.1, 0.15) is 5.82 Å². The highest BCUT2D eigenvalue weighted by Crippen LogP contribution is 2.31. The standard InChI is InChI=1S/C13H14FNO3/c1-13(12(17)18)6-7-15(8-13)11(16)9-4-2-3-5-10(9)14/h2-5H,6-8H2,1H3,(H,17,18). The van der Waals surface area contributed by atoms with E-state index in [9.17, 15) is 14.0 Å². The zero-order valence-electron chi connectivity index (χ0n) is 10.0. The van der Waals surface area contributed by atoms with E-state index >= 15 is 0 Å². The largest absolute Gasteiger partial charge is 0.481 e. The molecule has 1 aliphatic heterocycles. The van der Waals surface area contributed by atoms with Crippen molar-refractivity contribution in [2.75, 3.05) is 13.1 Å². The van der Waals surface area contributed by atoms with Crippen LogP contribution in [0.4, 0.5) is 4.39 Å². The molecule has 18 heavy (non-hydrogen) atoms. The van der Waals surface area contributed by atoms with E-state index in [0.717, 1.165) is 0 Å². The van der Waals surface area contributed by atoms with Crippen molar-refractivity contribution in [2.45, 2.75) is 13.3 Å². The molecule has 1 heterocycles. The molecule has 1 N–H and O–H groups in total. The molecule has 0 saturated carbocycles. The van der Waals surface area contributed by atoms with Gasteiger partial charge in [-0.25, -0.2) is 4.39 Å². The minimum absolute atomic E-state index is 0.00728. The summed E-state index contributed by atoms with van der Waals surface area (Å²) in [7, 11) is 0. The second-order valence-electron chi connectivity index (χ2n) is 4.82. The molecular formula is C13H14FNO3. The Morgan fingerprint density at radius 1 is 1.39 bits per heavy atom. The van der Waals surface area contributed by atoms with Crippen LogP contribution in [0.3, 0.4) is 0 Å². The van der Waals surface area contributed by atoms with Crippen LogP contribution in [0.15, 0.2) is 24.3 Å². The Morgan fingerprint density at radius 3 is 2.61 bits per heavy atom. The summed E-state index contributed by atoms with van der Waals surface area (Å²) in [6.07, 6.45) is 0.391. The highest BCUT2D eigenvalue weighted by Gasteiger charge is 2.42. The van der Waals surface area contributed by atoms with Crippen molar-refractivity contribution in [2.24, 2.45) is 5.41 Å². The van der Waals surface area contributed by atoms with Gasteiger partial charge in [-0.3, -0.25) is 9.59 Å². The summed E-state index contributed by atoms with van der Waals surface area (Å²) in [5, 5.41) is 9.09. The lowest BCUT2D eigenvalue weighted by Gasteiger charge is -2.20. The van der Waals surface area contributed by atoms with Crippen LogP contribution < -0.4 is 0 Å². The first-order valence-corrected chi connectivity index (χ1v) is 5.71. The Bertz CT molecular complexity index is 503. The minimum Gasteiger partial charge on any atom is -0.481 e. The fourth-order valence-corrected chi connectivity index (χ4v) is 2.11. The molecule has 2 rings (SSSR count). The predicted octanol–water partition coefficient (Wildman–Crippen LogP) is 1.76. The Kier molecular flexibility index (Phi) is 3.07. The van der Waals surface area contributed by atoms with Gasteiger partial charge in [-0.1, -0.05) is 12.1 Å². The Balaban J connectivity index is 2.18. The third kappa shape index (κ3) is 2.08. The summed E-state index contributed by atoms with van der Waals surface area (Å²) in [4.78, 5) is 24.5. The molecule has 1 fully saturated rings. The summed E-state index contributed by atoms with van der Waals surface area (Å²) < 4.78 is 13.5. The number of benzene rings is 1. The predicted molar refractivity (Wildman–Crippen MR) is 62.7 cm³/mol. The second kappa shape index (κ2) is 4.40. The molecule has 0 bridgehead atoms. The normalized spacial score (nSPS) is 23.1. The van der Waals surface area contributed by atoms with E-state index in [1.807, 2.05) is 0 Å². The molecule has 1 aromatic carbocycles. The lowest BCUT2D eigenvalue weighted by Crippen LogP contribution is -2.35. The molecule has 1 unspecified atom stereocenters. The average Bonchev–Trinajstić information content (AvgIpc) is 2.73. The first-order valence-electron chi connectivity index (χ1n) is 5.71. The highest BCUT2D eigenvalue weighted by atomic mass is 19.1. The molecule has 96 valence electrons. The minimum atomic E-state index is -0.930. The highest BCUT2D eigenvalue weighted by molar-refractivity contribution is 5.95. The monoisotopic (exact) mass is 251 g/mol. The van der Waals surface area contributed by atoms with Crippen LogP contribution in [0.25, 0.3) is 0 Å². The van der Waals surface area contributed by atoms with Crippen molar-refractivity contribution in [3.63, 3.8) is 0 Å². The van der Waals surface area contributed by atoms with Crippen LogP contribution in [0.1, 0.15) is 23.7 Å². The molecule has 1 amide bonds. The van der Waals surface area contributed by atoms with Crippen molar-refractivity contribution in [1.29, 1.82) is 0 Å². The van der Waals surface area contributed by atoms with E-state index in [2.05, 4.69) is 0 Å². The molecule has 0 spiro atoms. The number of rotatable bonds is 2. The second-order valence-corrected chi connectivity index (χ2v) is 4.82. The lowest BCUT2D eigenvalue weighted by atomic mass is 9.90. The number of carboxylic acid groups (broad SMARTS) is 1. The van der Waals surface area contributed by atoms with Gasteiger partial charge in [0.15, 0.2) is 0 Å². The van der Waals surface area contributed by atoms with E-state index < -0.39 is 23.1 Å². The van der Waals surface area contributed by atoms with Crippen LogP contribution in [0.2, 0.25) is 0 Å². The number of hydrogen-bond acceptors (Lipinski definition) is 2. The number of nitrogens with zero attached hydrogens (tertiary/aromatic N) is 1. The van der Waals surface area contributed by atoms with E-state index in [4.69, 9.17) is 5.11 Å². The summed E-state index contributed by atoms with van der Waals surface area (Å²) in [6, 6.07) is 5.73. The molecular weight excluding hydrogens is 237 g/mol. The Hall–Kier alpha value is -1.91. The zero-order valence-corrected chi connectivity index (χ0v) is 10.0. The number of carbonyl (C=O) groups is 2. The Morgan fingerprint density at radius 2 is 2.06 bits per heavy atom. The maximum atomic E-state index is 13.5. The van der Waals surface area contributed by atoms with E-state index in [1.165, 1.54) is 23.1 Å². The van der Waals surface area contributed by atoms with Gasteiger partial charge in [-0.05, 0) is 25.5 Å². The van der Waals surface area contributed by atoms with Crippen molar-refractivity contribution in [1.82, 2.24) is 4.90 Å². The fourth-order valence-electron chi connectivity index (χ4n) is 2.11. The quantitative estimate of drug-likeness (QED) is 0.871. The first kappa shape index (κ1) is 12.5. The summed E-state index contributed by atoms with van der Waals surface area (Å²) in [6.45, 7) is 2.06. The first-order chi connectivity index (χ1) is 8.44. The molecule has 1 aliphatic rings. The molecule has 1 aromatic rings. The molecule has 0 aliphatic carbocycles. The number of halogens is 1. The number of carboxylic acids is 1. The van der Waals surface area contributed by atoms with E-state index in [-0.39, 0.29) is 12.1 Å². The molecule has 1 atom stereocenters. The molecule has 5 heteroatoms. The number of aliphatic carboxylic acids is 1. The average molecular weight is 251 g/mol. The molecule has 1 saturated heterocycles. The third-order valence-electron chi connectivity index (χ3n) is 3.38.